The molecule has 0 fully saturated rings. The number of fused-ring (bicyclic) bond motifs is 2. The van der Waals surface area contributed by atoms with E-state index in [1.807, 2.05) is 31.2 Å². The second kappa shape index (κ2) is 17.3. The molecule has 0 bridgehead atoms. The van der Waals surface area contributed by atoms with Crippen molar-refractivity contribution in [2.75, 3.05) is 38.7 Å². The number of thiocarbonyl (C=S) groups is 1. The Morgan fingerprint density at radius 3 is 2.24 bits per heavy atom. The molecule has 0 saturated carbocycles. The number of phenolic OH excluding ortho intramolecular Hbond substituents is 1. The minimum absolute atomic E-state index is 0.0130. The first kappa shape index (κ1) is 34.4. The van der Waals surface area contributed by atoms with E-state index in [9.17, 15) is 19.5 Å². The van der Waals surface area contributed by atoms with Crippen LogP contribution in [0.1, 0.15) is 50.5 Å². The van der Waals surface area contributed by atoms with Crippen LogP contribution in [0.25, 0.3) is 33.4 Å². The molecule has 2 aromatic rings. The van der Waals surface area contributed by atoms with Gasteiger partial charge in [-0.05, 0) is 98.8 Å². The Kier molecular flexibility index (Phi) is 12.9. The van der Waals surface area contributed by atoms with Crippen LogP contribution in [0.5, 0.6) is 5.75 Å². The SMILES string of the molecule is COCCNC(=O)CCCCC(=O)NCCCCCNC(=S)Nc1ccc(-c2c3ccc(=O)cc-3oc3cc(O)ccc23)c(C)c1. The fourth-order valence-corrected chi connectivity index (χ4v) is 5.46. The normalized spacial score (nSPS) is 11.0. The van der Waals surface area contributed by atoms with E-state index in [2.05, 4.69) is 21.3 Å². The molecule has 2 aromatic carbocycles. The second-order valence-corrected chi connectivity index (χ2v) is 11.6. The number of carbonyl (C=O) groups excluding carboxylic acids is 2. The van der Waals surface area contributed by atoms with Crippen LogP contribution in [0.3, 0.4) is 0 Å². The topological polar surface area (TPSA) is 142 Å². The van der Waals surface area contributed by atoms with Crippen molar-refractivity contribution in [1.82, 2.24) is 16.0 Å². The fraction of sp³-hybridized carbons (Fsp3) is 0.371. The number of nitrogens with one attached hydrogen (secondary N) is 4. The van der Waals surface area contributed by atoms with Crippen LogP contribution in [0.15, 0.2) is 63.8 Å². The van der Waals surface area contributed by atoms with E-state index in [1.54, 1.807) is 25.3 Å². The molecule has 4 rings (SSSR count). The van der Waals surface area contributed by atoms with Gasteiger partial charge in [-0.2, -0.15) is 0 Å². The van der Waals surface area contributed by atoms with Crippen molar-refractivity contribution in [3.8, 4) is 28.2 Å². The average molecular weight is 647 g/mol. The first-order chi connectivity index (χ1) is 22.2. The van der Waals surface area contributed by atoms with E-state index in [0.717, 1.165) is 52.6 Å². The third kappa shape index (κ3) is 10.0. The van der Waals surface area contributed by atoms with Crippen molar-refractivity contribution < 1.29 is 23.8 Å². The van der Waals surface area contributed by atoms with Crippen molar-refractivity contribution in [3.63, 3.8) is 0 Å². The number of hydrogen-bond acceptors (Lipinski definition) is 7. The summed E-state index contributed by atoms with van der Waals surface area (Å²) in [5.74, 6) is 0.552. The second-order valence-electron chi connectivity index (χ2n) is 11.2. The predicted octanol–water partition coefficient (Wildman–Crippen LogP) is 5.47. The largest absolute Gasteiger partial charge is 0.508 e. The number of benzene rings is 3. The average Bonchev–Trinajstić information content (AvgIpc) is 3.02. The maximum absolute atomic E-state index is 12.0. The molecule has 2 aliphatic rings. The van der Waals surface area contributed by atoms with Crippen molar-refractivity contribution in [1.29, 1.82) is 0 Å². The Balaban J connectivity index is 1.19. The molecular weight excluding hydrogens is 604 g/mol. The summed E-state index contributed by atoms with van der Waals surface area (Å²) in [5, 5.41) is 23.6. The zero-order valence-electron chi connectivity index (χ0n) is 26.4. The van der Waals surface area contributed by atoms with Gasteiger partial charge in [-0.3, -0.25) is 14.4 Å². The Morgan fingerprint density at radius 2 is 1.52 bits per heavy atom. The number of anilines is 1. The predicted molar refractivity (Wildman–Crippen MR) is 185 cm³/mol. The standard InChI is InChI=1S/C35H42N4O6S/c1-23-20-24(10-13-27(23)34-28-14-11-25(40)21-30(28)45-31-22-26(41)12-15-29(31)34)39-35(46)38-17-7-3-6-16-36-32(42)8-4-5-9-33(43)37-18-19-44-2/h10-15,20-22,40H,3-9,16-19H2,1-2H3,(H,36,42)(H,37,43)(H2,38,39,46). The molecule has 1 heterocycles. The lowest BCUT2D eigenvalue weighted by atomic mass is 9.91. The molecule has 5 N–H and O–H groups in total. The van der Waals surface area contributed by atoms with Crippen LogP contribution in [0, 0.1) is 6.92 Å². The highest BCUT2D eigenvalue weighted by Crippen LogP contribution is 2.42. The van der Waals surface area contributed by atoms with Gasteiger partial charge in [-0.15, -0.1) is 0 Å². The first-order valence-corrected chi connectivity index (χ1v) is 16.0. The van der Waals surface area contributed by atoms with Gasteiger partial charge in [0.1, 0.15) is 17.1 Å². The lowest BCUT2D eigenvalue weighted by Gasteiger charge is -2.18. The summed E-state index contributed by atoms with van der Waals surface area (Å²) in [6, 6.07) is 15.8. The molecule has 2 amide bonds. The van der Waals surface area contributed by atoms with Crippen molar-refractivity contribution in [2.45, 2.75) is 51.9 Å². The zero-order valence-corrected chi connectivity index (χ0v) is 27.2. The Hall–Kier alpha value is -4.48. The summed E-state index contributed by atoms with van der Waals surface area (Å²) >= 11 is 5.51. The van der Waals surface area contributed by atoms with Gasteiger partial charge in [-0.1, -0.05) is 6.07 Å². The number of carbonyl (C=O) groups is 2. The summed E-state index contributed by atoms with van der Waals surface area (Å²) < 4.78 is 10.9. The molecule has 0 aromatic heterocycles. The summed E-state index contributed by atoms with van der Waals surface area (Å²) in [4.78, 5) is 35.7. The van der Waals surface area contributed by atoms with E-state index in [1.165, 1.54) is 12.1 Å². The van der Waals surface area contributed by atoms with Crippen LogP contribution < -0.4 is 26.7 Å². The van der Waals surface area contributed by atoms with Gasteiger partial charge in [0.05, 0.1) is 6.61 Å². The monoisotopic (exact) mass is 646 g/mol. The highest BCUT2D eigenvalue weighted by molar-refractivity contribution is 7.80. The van der Waals surface area contributed by atoms with Crippen LogP contribution >= 0.6 is 12.2 Å². The van der Waals surface area contributed by atoms with Gasteiger partial charge < -0.3 is 35.5 Å². The third-order valence-corrected chi connectivity index (χ3v) is 7.82. The number of aromatic hydroxyl groups is 1. The van der Waals surface area contributed by atoms with E-state index < -0.39 is 0 Å². The minimum Gasteiger partial charge on any atom is -0.508 e. The number of hydrogen-bond donors (Lipinski definition) is 5. The molecule has 0 spiro atoms. The van der Waals surface area contributed by atoms with Gasteiger partial charge in [0, 0.05) is 73.9 Å². The van der Waals surface area contributed by atoms with Crippen LogP contribution in [0.2, 0.25) is 0 Å². The Bertz CT molecular complexity index is 1690. The van der Waals surface area contributed by atoms with E-state index >= 15 is 0 Å². The van der Waals surface area contributed by atoms with Gasteiger partial charge in [-0.25, -0.2) is 0 Å². The van der Waals surface area contributed by atoms with Crippen LogP contribution in [-0.2, 0) is 14.3 Å². The number of phenols is 1. The van der Waals surface area contributed by atoms with Crippen molar-refractivity contribution >= 4 is 45.8 Å². The first-order valence-electron chi connectivity index (χ1n) is 15.6. The molecule has 11 heteroatoms. The van der Waals surface area contributed by atoms with E-state index in [-0.39, 0.29) is 23.0 Å². The molecular formula is C35H42N4O6S. The van der Waals surface area contributed by atoms with Crippen molar-refractivity contribution in [3.05, 3.63) is 70.4 Å². The molecule has 0 unspecified atom stereocenters. The van der Waals surface area contributed by atoms with Crippen molar-refractivity contribution in [2.24, 2.45) is 0 Å². The number of ether oxygens (including phenoxy) is 1. The highest BCUT2D eigenvalue weighted by atomic mass is 32.1. The van der Waals surface area contributed by atoms with Gasteiger partial charge >= 0.3 is 0 Å². The van der Waals surface area contributed by atoms with E-state index in [0.29, 0.717) is 68.4 Å². The molecule has 0 saturated heterocycles. The summed E-state index contributed by atoms with van der Waals surface area (Å²) in [6.45, 7) is 4.36. The number of unbranched alkanes of at least 4 members (excludes halogenated alkanes) is 3. The maximum Gasteiger partial charge on any atom is 0.220 e. The number of amides is 2. The third-order valence-electron chi connectivity index (χ3n) is 7.58. The van der Waals surface area contributed by atoms with Crippen LogP contribution in [0.4, 0.5) is 5.69 Å². The lowest BCUT2D eigenvalue weighted by Crippen LogP contribution is -2.29. The smallest absolute Gasteiger partial charge is 0.220 e. The maximum atomic E-state index is 12.0. The summed E-state index contributed by atoms with van der Waals surface area (Å²) in [6.07, 6.45) is 4.95. The Labute approximate surface area is 274 Å². The molecule has 0 radical (unpaired) electrons. The fourth-order valence-electron chi connectivity index (χ4n) is 5.24. The minimum atomic E-state index is -0.147. The molecule has 10 nitrogen and oxygen atoms in total. The lowest BCUT2D eigenvalue weighted by molar-refractivity contribution is -0.123. The molecule has 0 atom stereocenters. The highest BCUT2D eigenvalue weighted by Gasteiger charge is 2.19. The number of aryl methyl sites for hydroxylation is 1. The van der Waals surface area contributed by atoms with Gasteiger partial charge in [0.2, 0.25) is 11.8 Å². The molecule has 244 valence electrons. The summed E-state index contributed by atoms with van der Waals surface area (Å²) in [7, 11) is 1.59. The van der Waals surface area contributed by atoms with Gasteiger partial charge in [0.15, 0.2) is 10.5 Å². The Morgan fingerprint density at radius 1 is 0.826 bits per heavy atom. The number of methoxy groups -OCH3 is 1. The molecule has 46 heavy (non-hydrogen) atoms. The van der Waals surface area contributed by atoms with Gasteiger partial charge in [0.25, 0.3) is 0 Å². The quantitative estimate of drug-likeness (QED) is 0.0608. The summed E-state index contributed by atoms with van der Waals surface area (Å²) in [5.41, 5.74) is 4.92. The van der Waals surface area contributed by atoms with Crippen LogP contribution in [-0.4, -0.2) is 55.4 Å². The zero-order chi connectivity index (χ0) is 32.9. The number of rotatable bonds is 16. The molecule has 1 aliphatic heterocycles. The van der Waals surface area contributed by atoms with E-state index in [4.69, 9.17) is 21.4 Å². The molecule has 1 aliphatic carbocycles.